The van der Waals surface area contributed by atoms with E-state index < -0.39 is 12.1 Å². The summed E-state index contributed by atoms with van der Waals surface area (Å²) < 4.78 is 10.3. The maximum atomic E-state index is 12.1. The molecular weight excluding hydrogens is 278 g/mol. The van der Waals surface area contributed by atoms with E-state index in [-0.39, 0.29) is 19.0 Å². The summed E-state index contributed by atoms with van der Waals surface area (Å²) in [5, 5.41) is 11.5. The van der Waals surface area contributed by atoms with Crippen molar-refractivity contribution >= 4 is 17.7 Å². The van der Waals surface area contributed by atoms with E-state index in [0.717, 1.165) is 0 Å². The Labute approximate surface area is 121 Å². The molecule has 2 amide bonds. The molecule has 1 atom stereocenters. The third-order valence-corrected chi connectivity index (χ3v) is 3.03. The number of carbonyl (C=O) groups excluding carboxylic acids is 1. The molecule has 1 aliphatic rings. The van der Waals surface area contributed by atoms with Crippen molar-refractivity contribution in [1.82, 2.24) is 9.88 Å². The number of aliphatic carboxylic acids is 1. The number of nitrogens with zero attached hydrogens (tertiary/aromatic N) is 2. The Morgan fingerprint density at radius 2 is 2.38 bits per heavy atom. The van der Waals surface area contributed by atoms with Gasteiger partial charge >= 0.3 is 12.0 Å². The van der Waals surface area contributed by atoms with E-state index in [1.807, 2.05) is 0 Å². The van der Waals surface area contributed by atoms with Gasteiger partial charge in [-0.2, -0.15) is 0 Å². The molecule has 2 N–H and O–H groups in total. The Bertz CT molecular complexity index is 505. The average molecular weight is 295 g/mol. The quantitative estimate of drug-likeness (QED) is 0.852. The largest absolute Gasteiger partial charge is 0.481 e. The average Bonchev–Trinajstić information content (AvgIpc) is 2.47. The molecule has 1 aliphatic heterocycles. The molecule has 0 saturated carbocycles. The number of anilines is 1. The number of hydrogen-bond donors (Lipinski definition) is 2. The number of nitrogens with one attached hydrogen (secondary N) is 1. The number of pyridine rings is 1. The number of rotatable bonds is 4. The molecule has 114 valence electrons. The highest BCUT2D eigenvalue weighted by Gasteiger charge is 2.25. The SMILES string of the molecule is COc1ccc(NC(=O)N2CCOC(CC(=O)O)C2)cn1. The van der Waals surface area contributed by atoms with Crippen LogP contribution in [0.25, 0.3) is 0 Å². The van der Waals surface area contributed by atoms with Gasteiger partial charge in [0.25, 0.3) is 0 Å². The first-order chi connectivity index (χ1) is 10.1. The van der Waals surface area contributed by atoms with Gasteiger partial charge in [0.1, 0.15) is 0 Å². The third kappa shape index (κ3) is 4.32. The molecule has 1 aromatic heterocycles. The van der Waals surface area contributed by atoms with E-state index in [2.05, 4.69) is 10.3 Å². The maximum Gasteiger partial charge on any atom is 0.322 e. The number of carboxylic acids is 1. The summed E-state index contributed by atoms with van der Waals surface area (Å²) in [7, 11) is 1.51. The van der Waals surface area contributed by atoms with Crippen LogP contribution in [0.4, 0.5) is 10.5 Å². The summed E-state index contributed by atoms with van der Waals surface area (Å²) in [5.41, 5.74) is 0.544. The van der Waals surface area contributed by atoms with Gasteiger partial charge in [-0.1, -0.05) is 0 Å². The lowest BCUT2D eigenvalue weighted by Gasteiger charge is -2.32. The minimum Gasteiger partial charge on any atom is -0.481 e. The van der Waals surface area contributed by atoms with E-state index in [0.29, 0.717) is 24.7 Å². The molecule has 0 spiro atoms. The van der Waals surface area contributed by atoms with Crippen LogP contribution in [-0.4, -0.2) is 59.9 Å². The van der Waals surface area contributed by atoms with E-state index in [1.54, 1.807) is 12.1 Å². The molecule has 1 saturated heterocycles. The third-order valence-electron chi connectivity index (χ3n) is 3.03. The van der Waals surface area contributed by atoms with E-state index in [9.17, 15) is 9.59 Å². The predicted octanol–water partition coefficient (Wildman–Crippen LogP) is 0.798. The highest BCUT2D eigenvalue weighted by Crippen LogP contribution is 2.14. The molecule has 8 heteroatoms. The second-order valence-corrected chi connectivity index (χ2v) is 4.56. The van der Waals surface area contributed by atoms with Crippen molar-refractivity contribution in [3.8, 4) is 5.88 Å². The van der Waals surface area contributed by atoms with Gasteiger partial charge in [0.05, 0.1) is 38.1 Å². The zero-order valence-corrected chi connectivity index (χ0v) is 11.6. The first-order valence-electron chi connectivity index (χ1n) is 6.48. The maximum absolute atomic E-state index is 12.1. The fourth-order valence-electron chi connectivity index (χ4n) is 2.00. The second kappa shape index (κ2) is 6.89. The molecule has 2 rings (SSSR count). The molecule has 0 radical (unpaired) electrons. The minimum atomic E-state index is -0.943. The summed E-state index contributed by atoms with van der Waals surface area (Å²) in [5.74, 6) is -0.484. The smallest absolute Gasteiger partial charge is 0.322 e. The predicted molar refractivity (Wildman–Crippen MR) is 73.4 cm³/mol. The summed E-state index contributed by atoms with van der Waals surface area (Å²) in [6.45, 7) is 0.999. The Morgan fingerprint density at radius 3 is 3.00 bits per heavy atom. The van der Waals surface area contributed by atoms with Crippen molar-refractivity contribution in [2.45, 2.75) is 12.5 Å². The van der Waals surface area contributed by atoms with Gasteiger partial charge in [-0.15, -0.1) is 0 Å². The zero-order chi connectivity index (χ0) is 15.2. The minimum absolute atomic E-state index is 0.117. The van der Waals surface area contributed by atoms with E-state index in [1.165, 1.54) is 18.2 Å². The Kier molecular flexibility index (Phi) is 4.94. The molecule has 8 nitrogen and oxygen atoms in total. The summed E-state index contributed by atoms with van der Waals surface area (Å²) in [4.78, 5) is 28.3. The van der Waals surface area contributed by atoms with Crippen molar-refractivity contribution in [3.63, 3.8) is 0 Å². The molecule has 1 fully saturated rings. The Balaban J connectivity index is 1.91. The highest BCUT2D eigenvalue weighted by molar-refractivity contribution is 5.89. The number of urea groups is 1. The number of ether oxygens (including phenoxy) is 2. The fourth-order valence-corrected chi connectivity index (χ4v) is 2.00. The van der Waals surface area contributed by atoms with Gasteiger partial charge in [0.15, 0.2) is 0 Å². The lowest BCUT2D eigenvalue weighted by Crippen LogP contribution is -2.47. The molecule has 0 bridgehead atoms. The fraction of sp³-hybridized carbons (Fsp3) is 0.462. The van der Waals surface area contributed by atoms with Gasteiger partial charge in [-0.25, -0.2) is 9.78 Å². The van der Waals surface area contributed by atoms with Crippen LogP contribution in [0.15, 0.2) is 18.3 Å². The highest BCUT2D eigenvalue weighted by atomic mass is 16.5. The molecule has 0 aromatic carbocycles. The normalized spacial score (nSPS) is 18.1. The number of morpholine rings is 1. The van der Waals surface area contributed by atoms with Crippen molar-refractivity contribution in [3.05, 3.63) is 18.3 Å². The standard InChI is InChI=1S/C13H17N3O5/c1-20-11-3-2-9(7-14-11)15-13(19)16-4-5-21-10(8-16)6-12(17)18/h2-3,7,10H,4-6,8H2,1H3,(H,15,19)(H,17,18). The summed E-state index contributed by atoms with van der Waals surface area (Å²) in [6.07, 6.45) is 0.899. The van der Waals surface area contributed by atoms with Crippen LogP contribution in [0.1, 0.15) is 6.42 Å². The van der Waals surface area contributed by atoms with Gasteiger partial charge < -0.3 is 24.8 Å². The molecule has 1 unspecified atom stereocenters. The zero-order valence-electron chi connectivity index (χ0n) is 11.6. The van der Waals surface area contributed by atoms with E-state index >= 15 is 0 Å². The van der Waals surface area contributed by atoms with Crippen LogP contribution in [0.3, 0.4) is 0 Å². The number of carboxylic acid groups (broad SMARTS) is 1. The summed E-state index contributed by atoms with van der Waals surface area (Å²) >= 11 is 0. The van der Waals surface area contributed by atoms with Crippen molar-refractivity contribution in [2.75, 3.05) is 32.1 Å². The van der Waals surface area contributed by atoms with Crippen LogP contribution >= 0.6 is 0 Å². The Morgan fingerprint density at radius 1 is 1.57 bits per heavy atom. The molecule has 21 heavy (non-hydrogen) atoms. The van der Waals surface area contributed by atoms with Crippen molar-refractivity contribution in [1.29, 1.82) is 0 Å². The molecule has 1 aromatic rings. The van der Waals surface area contributed by atoms with Crippen molar-refractivity contribution in [2.24, 2.45) is 0 Å². The number of carbonyl (C=O) groups is 2. The van der Waals surface area contributed by atoms with Crippen LogP contribution in [0.2, 0.25) is 0 Å². The number of amides is 2. The molecule has 0 aliphatic carbocycles. The monoisotopic (exact) mass is 295 g/mol. The number of hydrogen-bond acceptors (Lipinski definition) is 5. The van der Waals surface area contributed by atoms with Gasteiger partial charge in [0, 0.05) is 19.2 Å². The van der Waals surface area contributed by atoms with Gasteiger partial charge in [0.2, 0.25) is 5.88 Å². The molecular formula is C13H17N3O5. The van der Waals surface area contributed by atoms with Gasteiger partial charge in [-0.3, -0.25) is 4.79 Å². The van der Waals surface area contributed by atoms with E-state index in [4.69, 9.17) is 14.6 Å². The second-order valence-electron chi connectivity index (χ2n) is 4.56. The molecule has 2 heterocycles. The lowest BCUT2D eigenvalue weighted by molar-refractivity contribution is -0.141. The van der Waals surface area contributed by atoms with Crippen LogP contribution in [0.5, 0.6) is 5.88 Å². The first kappa shape index (κ1) is 15.0. The first-order valence-corrected chi connectivity index (χ1v) is 6.48. The number of methoxy groups -OCH3 is 1. The number of aromatic nitrogens is 1. The Hall–Kier alpha value is -2.35. The van der Waals surface area contributed by atoms with Crippen LogP contribution in [-0.2, 0) is 9.53 Å². The lowest BCUT2D eigenvalue weighted by atomic mass is 10.2. The van der Waals surface area contributed by atoms with Crippen LogP contribution < -0.4 is 10.1 Å². The van der Waals surface area contributed by atoms with Gasteiger partial charge in [-0.05, 0) is 6.07 Å². The van der Waals surface area contributed by atoms with Crippen LogP contribution in [0, 0.1) is 0 Å². The topological polar surface area (TPSA) is 101 Å². The van der Waals surface area contributed by atoms with Crippen molar-refractivity contribution < 1.29 is 24.2 Å². The summed E-state index contributed by atoms with van der Waals surface area (Å²) in [6, 6.07) is 3.02.